The zero-order valence-electron chi connectivity index (χ0n) is 18.9. The molecule has 8 nitrogen and oxygen atoms in total. The molecule has 4 aromatic rings. The number of benzene rings is 1. The van der Waals surface area contributed by atoms with E-state index < -0.39 is 0 Å². The summed E-state index contributed by atoms with van der Waals surface area (Å²) in [7, 11) is 4.07. The quantitative estimate of drug-likeness (QED) is 0.516. The lowest BCUT2D eigenvalue weighted by Crippen LogP contribution is -2.27. The fourth-order valence-corrected chi connectivity index (χ4v) is 4.15. The third-order valence-electron chi connectivity index (χ3n) is 5.99. The van der Waals surface area contributed by atoms with E-state index in [1.54, 1.807) is 0 Å². The van der Waals surface area contributed by atoms with Gasteiger partial charge in [-0.2, -0.15) is 5.10 Å². The van der Waals surface area contributed by atoms with Crippen LogP contribution in [0.25, 0.3) is 22.0 Å². The van der Waals surface area contributed by atoms with Crippen molar-refractivity contribution in [2.75, 3.05) is 25.5 Å². The van der Waals surface area contributed by atoms with Crippen LogP contribution in [0.4, 0.5) is 11.6 Å². The summed E-state index contributed by atoms with van der Waals surface area (Å²) in [6.45, 7) is 6.44. The van der Waals surface area contributed by atoms with Crippen LogP contribution < -0.4 is 10.1 Å². The molecule has 0 atom stereocenters. The van der Waals surface area contributed by atoms with Crippen LogP contribution in [0.2, 0.25) is 0 Å². The van der Waals surface area contributed by atoms with Crippen molar-refractivity contribution < 1.29 is 4.74 Å². The number of nitrogens with zero attached hydrogens (tertiary/aromatic N) is 6. The van der Waals surface area contributed by atoms with Gasteiger partial charge in [-0.15, -0.1) is 0 Å². The number of hydrogen-bond acceptors (Lipinski definition) is 7. The molecule has 0 unspecified atom stereocenters. The average molecular weight is 430 g/mol. The molecular weight excluding hydrogens is 402 g/mol. The molecule has 0 fully saturated rings. The summed E-state index contributed by atoms with van der Waals surface area (Å²) in [6, 6.07) is 8.24. The first kappa shape index (κ1) is 20.4. The Balaban J connectivity index is 1.57. The van der Waals surface area contributed by atoms with Crippen LogP contribution in [-0.4, -0.2) is 49.8 Å². The zero-order valence-corrected chi connectivity index (χ0v) is 18.9. The molecule has 164 valence electrons. The second-order valence-corrected chi connectivity index (χ2v) is 8.20. The third-order valence-corrected chi connectivity index (χ3v) is 5.99. The van der Waals surface area contributed by atoms with Crippen LogP contribution in [-0.2, 0) is 20.0 Å². The lowest BCUT2D eigenvalue weighted by molar-refractivity contribution is 0.301. The topological polar surface area (TPSA) is 81.0 Å². The predicted molar refractivity (Wildman–Crippen MR) is 125 cm³/mol. The highest BCUT2D eigenvalue weighted by Crippen LogP contribution is 2.32. The first-order valence-corrected chi connectivity index (χ1v) is 10.9. The molecule has 0 aliphatic carbocycles. The first-order valence-electron chi connectivity index (χ1n) is 10.9. The van der Waals surface area contributed by atoms with Crippen molar-refractivity contribution in [3.05, 3.63) is 53.6 Å². The number of rotatable bonds is 5. The van der Waals surface area contributed by atoms with Gasteiger partial charge in [-0.1, -0.05) is 18.2 Å². The molecule has 0 amide bonds. The van der Waals surface area contributed by atoms with Gasteiger partial charge in [0.05, 0.1) is 24.0 Å². The van der Waals surface area contributed by atoms with Crippen LogP contribution in [0.1, 0.15) is 23.9 Å². The number of fused-ring (bicyclic) bond motifs is 2. The highest BCUT2D eigenvalue weighted by Gasteiger charge is 2.19. The van der Waals surface area contributed by atoms with Crippen LogP contribution in [0, 0.1) is 6.92 Å². The van der Waals surface area contributed by atoms with Gasteiger partial charge in [0.2, 0.25) is 11.8 Å². The lowest BCUT2D eigenvalue weighted by Gasteiger charge is -2.25. The van der Waals surface area contributed by atoms with E-state index in [0.29, 0.717) is 18.4 Å². The predicted octanol–water partition coefficient (Wildman–Crippen LogP) is 3.86. The Hall–Kier alpha value is -3.52. The van der Waals surface area contributed by atoms with E-state index in [1.807, 2.05) is 43.2 Å². The Morgan fingerprint density at radius 2 is 2.00 bits per heavy atom. The van der Waals surface area contributed by atoms with Gasteiger partial charge in [0.15, 0.2) is 0 Å². The van der Waals surface area contributed by atoms with Crippen LogP contribution in [0.5, 0.6) is 5.88 Å². The molecule has 1 N–H and O–H groups in total. The van der Waals surface area contributed by atoms with Crippen molar-refractivity contribution in [1.82, 2.24) is 29.6 Å². The summed E-state index contributed by atoms with van der Waals surface area (Å²) in [5, 5.41) is 8.74. The second kappa shape index (κ2) is 8.20. The number of aromatic nitrogens is 5. The second-order valence-electron chi connectivity index (χ2n) is 8.20. The van der Waals surface area contributed by atoms with E-state index in [1.165, 1.54) is 5.56 Å². The minimum atomic E-state index is 0.512. The highest BCUT2D eigenvalue weighted by atomic mass is 16.5. The minimum absolute atomic E-state index is 0.512. The third kappa shape index (κ3) is 3.67. The van der Waals surface area contributed by atoms with E-state index in [4.69, 9.17) is 14.7 Å². The van der Waals surface area contributed by atoms with E-state index in [2.05, 4.69) is 46.4 Å². The SMILES string of the molecule is CCOc1nc2c(cc1Nc1ncc3cccc(-c4cnn(C)c4C)c3n1)CN(C)CC2. The number of hydrogen-bond donors (Lipinski definition) is 1. The van der Waals surface area contributed by atoms with Gasteiger partial charge in [-0.05, 0) is 32.5 Å². The number of nitrogens with one attached hydrogen (secondary N) is 1. The Bertz CT molecular complexity index is 1300. The molecule has 0 spiro atoms. The summed E-state index contributed by atoms with van der Waals surface area (Å²) in [5.41, 5.74) is 7.17. The van der Waals surface area contributed by atoms with Crippen molar-refractivity contribution in [2.45, 2.75) is 26.8 Å². The van der Waals surface area contributed by atoms with Crippen molar-refractivity contribution in [3.8, 4) is 17.0 Å². The summed E-state index contributed by atoms with van der Waals surface area (Å²) >= 11 is 0. The fourth-order valence-electron chi connectivity index (χ4n) is 4.15. The molecule has 5 rings (SSSR count). The largest absolute Gasteiger partial charge is 0.476 e. The van der Waals surface area contributed by atoms with Gasteiger partial charge in [0.1, 0.15) is 5.69 Å². The number of pyridine rings is 1. The van der Waals surface area contributed by atoms with Crippen molar-refractivity contribution in [3.63, 3.8) is 0 Å². The van der Waals surface area contributed by atoms with E-state index in [-0.39, 0.29) is 0 Å². The standard InChI is InChI=1S/C24H27N7O/c1-5-32-23-21(11-17-14-30(3)10-9-20(17)27-23)28-24-25-12-16-7-6-8-18(22(16)29-24)19-13-26-31(4)15(19)2/h6-8,11-13H,5,9-10,14H2,1-4H3,(H,25,28,29). The van der Waals surface area contributed by atoms with Crippen molar-refractivity contribution in [2.24, 2.45) is 7.05 Å². The Morgan fingerprint density at radius 3 is 2.78 bits per heavy atom. The number of likely N-dealkylation sites (N-methyl/N-ethyl adjacent to an activating group) is 1. The molecule has 0 saturated carbocycles. The maximum Gasteiger partial charge on any atom is 0.238 e. The Morgan fingerprint density at radius 1 is 1.12 bits per heavy atom. The van der Waals surface area contributed by atoms with Gasteiger partial charge >= 0.3 is 0 Å². The smallest absolute Gasteiger partial charge is 0.238 e. The molecule has 32 heavy (non-hydrogen) atoms. The summed E-state index contributed by atoms with van der Waals surface area (Å²) in [5.74, 6) is 1.11. The van der Waals surface area contributed by atoms with Gasteiger partial charge < -0.3 is 15.0 Å². The maximum absolute atomic E-state index is 5.85. The number of para-hydroxylation sites is 1. The molecule has 1 aromatic carbocycles. The van der Waals surface area contributed by atoms with Crippen LogP contribution in [0.15, 0.2) is 36.7 Å². The number of anilines is 2. The molecule has 3 aromatic heterocycles. The van der Waals surface area contributed by atoms with Gasteiger partial charge in [0.25, 0.3) is 0 Å². The first-order chi connectivity index (χ1) is 15.5. The maximum atomic E-state index is 5.85. The molecule has 0 radical (unpaired) electrons. The molecule has 8 heteroatoms. The Kier molecular flexibility index (Phi) is 5.22. The number of ether oxygens (including phenoxy) is 1. The molecule has 1 aliphatic heterocycles. The van der Waals surface area contributed by atoms with Gasteiger partial charge in [-0.25, -0.2) is 15.0 Å². The summed E-state index contributed by atoms with van der Waals surface area (Å²) < 4.78 is 7.72. The molecule has 1 aliphatic rings. The van der Waals surface area contributed by atoms with Crippen LogP contribution in [0.3, 0.4) is 0 Å². The number of aryl methyl sites for hydroxylation is 1. The minimum Gasteiger partial charge on any atom is -0.476 e. The van der Waals surface area contributed by atoms with Gasteiger partial charge in [-0.3, -0.25) is 4.68 Å². The van der Waals surface area contributed by atoms with Gasteiger partial charge in [0, 0.05) is 55.0 Å². The highest BCUT2D eigenvalue weighted by molar-refractivity contribution is 5.94. The van der Waals surface area contributed by atoms with E-state index in [9.17, 15) is 0 Å². The Labute approximate surface area is 187 Å². The fraction of sp³-hybridized carbons (Fsp3) is 0.333. The average Bonchev–Trinajstić information content (AvgIpc) is 3.12. The normalized spacial score (nSPS) is 13.9. The molecule has 0 bridgehead atoms. The van der Waals surface area contributed by atoms with Crippen LogP contribution >= 0.6 is 0 Å². The zero-order chi connectivity index (χ0) is 22.2. The molecule has 0 saturated heterocycles. The van der Waals surface area contributed by atoms with Crippen molar-refractivity contribution >= 4 is 22.5 Å². The van der Waals surface area contributed by atoms with E-state index in [0.717, 1.165) is 58.6 Å². The van der Waals surface area contributed by atoms with E-state index >= 15 is 0 Å². The summed E-state index contributed by atoms with van der Waals surface area (Å²) in [4.78, 5) is 16.5. The summed E-state index contributed by atoms with van der Waals surface area (Å²) in [6.07, 6.45) is 4.66. The van der Waals surface area contributed by atoms with Crippen molar-refractivity contribution in [1.29, 1.82) is 0 Å². The monoisotopic (exact) mass is 429 g/mol. The lowest BCUT2D eigenvalue weighted by atomic mass is 10.0. The molecular formula is C24H27N7O. The molecule has 4 heterocycles.